The number of hydrogen-bond donors (Lipinski definition) is 1. The number of rotatable bonds is 6. The summed E-state index contributed by atoms with van der Waals surface area (Å²) in [6, 6.07) is 25.1. The van der Waals surface area contributed by atoms with E-state index in [4.69, 9.17) is 21.7 Å². The first-order chi connectivity index (χ1) is 18.4. The number of thiocarbonyl (C=S) groups is 1. The molecule has 0 radical (unpaired) electrons. The van der Waals surface area contributed by atoms with Gasteiger partial charge in [-0.1, -0.05) is 60.2 Å². The van der Waals surface area contributed by atoms with Crippen molar-refractivity contribution in [1.29, 1.82) is 0 Å². The van der Waals surface area contributed by atoms with Crippen molar-refractivity contribution in [3.05, 3.63) is 106 Å². The van der Waals surface area contributed by atoms with Gasteiger partial charge in [-0.15, -0.1) is 0 Å². The van der Waals surface area contributed by atoms with Crippen molar-refractivity contribution in [3.8, 4) is 11.5 Å². The van der Waals surface area contributed by atoms with E-state index in [9.17, 15) is 9.59 Å². The summed E-state index contributed by atoms with van der Waals surface area (Å²) in [5, 5.41) is 4.90. The van der Waals surface area contributed by atoms with Crippen molar-refractivity contribution >= 4 is 67.6 Å². The number of hydrogen-bond acceptors (Lipinski definition) is 5. The standard InChI is InChI=1S/C30H23BrN2O4S/c1-18-10-12-22(13-11-18)33-29(35)24(28(34)32-30(33)38)14-19-15-25(31)27(26(16-19)36-2)37-17-21-8-5-7-20-6-3-4-9-23(20)21/h3-16H,17H2,1-2H3,(H,32,34,38)/b24-14-. The van der Waals surface area contributed by atoms with E-state index < -0.39 is 11.8 Å². The van der Waals surface area contributed by atoms with Gasteiger partial charge in [0.1, 0.15) is 12.2 Å². The SMILES string of the molecule is COc1cc(/C=C2/C(=O)NC(=S)N(c3ccc(C)cc3)C2=O)cc(Br)c1OCc1cccc2ccccc12. The normalized spacial score (nSPS) is 14.7. The molecule has 0 spiro atoms. The van der Waals surface area contributed by atoms with Gasteiger partial charge in [-0.05, 0) is 87.3 Å². The summed E-state index contributed by atoms with van der Waals surface area (Å²) >= 11 is 8.86. The summed E-state index contributed by atoms with van der Waals surface area (Å²) in [4.78, 5) is 27.4. The number of anilines is 1. The Morgan fingerprint density at radius 3 is 2.50 bits per heavy atom. The molecular weight excluding hydrogens is 564 g/mol. The Labute approximate surface area is 234 Å². The molecule has 8 heteroatoms. The number of aryl methyl sites for hydroxylation is 1. The van der Waals surface area contributed by atoms with Crippen LogP contribution >= 0.6 is 28.1 Å². The van der Waals surface area contributed by atoms with E-state index in [1.165, 1.54) is 11.0 Å². The third-order valence-corrected chi connectivity index (χ3v) is 7.08. The second-order valence-electron chi connectivity index (χ2n) is 8.75. The lowest BCUT2D eigenvalue weighted by molar-refractivity contribution is -0.122. The van der Waals surface area contributed by atoms with Crippen LogP contribution in [0.25, 0.3) is 16.8 Å². The van der Waals surface area contributed by atoms with Crippen molar-refractivity contribution in [3.63, 3.8) is 0 Å². The smallest absolute Gasteiger partial charge is 0.270 e. The molecule has 0 unspecified atom stereocenters. The van der Waals surface area contributed by atoms with Gasteiger partial charge in [0.15, 0.2) is 16.6 Å². The lowest BCUT2D eigenvalue weighted by Gasteiger charge is -2.29. The minimum Gasteiger partial charge on any atom is -0.493 e. The number of methoxy groups -OCH3 is 1. The Bertz CT molecular complexity index is 1610. The van der Waals surface area contributed by atoms with E-state index in [0.717, 1.165) is 21.9 Å². The maximum atomic E-state index is 13.4. The van der Waals surface area contributed by atoms with Gasteiger partial charge in [-0.25, -0.2) is 0 Å². The van der Waals surface area contributed by atoms with Gasteiger partial charge in [0.25, 0.3) is 11.8 Å². The number of carbonyl (C=O) groups is 2. The van der Waals surface area contributed by atoms with Crippen molar-refractivity contribution in [2.24, 2.45) is 0 Å². The molecule has 1 fully saturated rings. The van der Waals surface area contributed by atoms with Crippen LogP contribution in [0.1, 0.15) is 16.7 Å². The molecule has 1 aliphatic heterocycles. The van der Waals surface area contributed by atoms with Crippen LogP contribution < -0.4 is 19.7 Å². The first-order valence-corrected chi connectivity index (χ1v) is 13.0. The van der Waals surface area contributed by atoms with Gasteiger partial charge in [0, 0.05) is 0 Å². The fourth-order valence-electron chi connectivity index (χ4n) is 4.28. The number of nitrogens with one attached hydrogen (secondary N) is 1. The van der Waals surface area contributed by atoms with Gasteiger partial charge in [0.2, 0.25) is 0 Å². The highest BCUT2D eigenvalue weighted by Crippen LogP contribution is 2.38. The fourth-order valence-corrected chi connectivity index (χ4v) is 5.14. The lowest BCUT2D eigenvalue weighted by Crippen LogP contribution is -2.54. The zero-order valence-electron chi connectivity index (χ0n) is 20.7. The molecule has 0 saturated carbocycles. The number of amides is 2. The lowest BCUT2D eigenvalue weighted by atomic mass is 10.1. The molecule has 38 heavy (non-hydrogen) atoms. The topological polar surface area (TPSA) is 67.9 Å². The Morgan fingerprint density at radius 1 is 1.00 bits per heavy atom. The summed E-state index contributed by atoms with van der Waals surface area (Å²) < 4.78 is 12.4. The molecule has 0 atom stereocenters. The zero-order valence-corrected chi connectivity index (χ0v) is 23.1. The first-order valence-electron chi connectivity index (χ1n) is 11.8. The number of carbonyl (C=O) groups excluding carboxylic acids is 2. The molecule has 5 rings (SSSR count). The predicted molar refractivity (Wildman–Crippen MR) is 156 cm³/mol. The average Bonchev–Trinajstić information content (AvgIpc) is 2.91. The van der Waals surface area contributed by atoms with Crippen LogP contribution in [-0.2, 0) is 16.2 Å². The van der Waals surface area contributed by atoms with Crippen molar-refractivity contribution in [1.82, 2.24) is 5.32 Å². The van der Waals surface area contributed by atoms with Crippen molar-refractivity contribution < 1.29 is 19.1 Å². The molecular formula is C30H23BrN2O4S. The third kappa shape index (κ3) is 5.05. The summed E-state index contributed by atoms with van der Waals surface area (Å²) in [5.41, 5.74) is 3.20. The van der Waals surface area contributed by atoms with E-state index >= 15 is 0 Å². The maximum absolute atomic E-state index is 13.4. The monoisotopic (exact) mass is 586 g/mol. The first kappa shape index (κ1) is 25.6. The highest BCUT2D eigenvalue weighted by Gasteiger charge is 2.34. The van der Waals surface area contributed by atoms with E-state index in [2.05, 4.69) is 39.4 Å². The molecule has 6 nitrogen and oxygen atoms in total. The molecule has 0 aromatic heterocycles. The Balaban J connectivity index is 1.44. The van der Waals surface area contributed by atoms with Crippen LogP contribution in [0.4, 0.5) is 5.69 Å². The fraction of sp³-hybridized carbons (Fsp3) is 0.100. The van der Waals surface area contributed by atoms with Crippen LogP contribution in [0.15, 0.2) is 88.9 Å². The van der Waals surface area contributed by atoms with Crippen molar-refractivity contribution in [2.45, 2.75) is 13.5 Å². The van der Waals surface area contributed by atoms with Gasteiger partial charge < -0.3 is 9.47 Å². The van der Waals surface area contributed by atoms with Crippen molar-refractivity contribution in [2.75, 3.05) is 12.0 Å². The van der Waals surface area contributed by atoms with Gasteiger partial charge >= 0.3 is 0 Å². The molecule has 190 valence electrons. The summed E-state index contributed by atoms with van der Waals surface area (Å²) in [6.45, 7) is 2.29. The van der Waals surface area contributed by atoms with Crippen LogP contribution in [0.3, 0.4) is 0 Å². The predicted octanol–water partition coefficient (Wildman–Crippen LogP) is 6.33. The van der Waals surface area contributed by atoms with Crippen LogP contribution in [0.5, 0.6) is 11.5 Å². The third-order valence-electron chi connectivity index (χ3n) is 6.21. The minimum atomic E-state index is -0.560. The number of halogens is 1. The van der Waals surface area contributed by atoms with E-state index in [1.807, 2.05) is 43.3 Å². The molecule has 1 heterocycles. The van der Waals surface area contributed by atoms with Crippen LogP contribution in [0.2, 0.25) is 0 Å². The quantitative estimate of drug-likeness (QED) is 0.162. The second kappa shape index (κ2) is 10.8. The Morgan fingerprint density at radius 2 is 1.74 bits per heavy atom. The maximum Gasteiger partial charge on any atom is 0.270 e. The number of nitrogens with zero attached hydrogens (tertiary/aromatic N) is 1. The average molecular weight is 587 g/mol. The summed E-state index contributed by atoms with van der Waals surface area (Å²) in [7, 11) is 1.54. The number of ether oxygens (including phenoxy) is 2. The van der Waals surface area contributed by atoms with E-state index in [0.29, 0.717) is 33.8 Å². The molecule has 1 N–H and O–H groups in total. The Hall–Kier alpha value is -4.01. The van der Waals surface area contributed by atoms with Gasteiger partial charge in [-0.3, -0.25) is 19.8 Å². The summed E-state index contributed by atoms with van der Waals surface area (Å²) in [5.74, 6) is -0.0887. The van der Waals surface area contributed by atoms with E-state index in [1.54, 1.807) is 31.4 Å². The number of fused-ring (bicyclic) bond motifs is 1. The minimum absolute atomic E-state index is 0.0388. The molecule has 0 aliphatic carbocycles. The van der Waals surface area contributed by atoms with Gasteiger partial charge in [0.05, 0.1) is 17.3 Å². The zero-order chi connectivity index (χ0) is 26.8. The Kier molecular flexibility index (Phi) is 7.26. The van der Waals surface area contributed by atoms with Crippen LogP contribution in [0, 0.1) is 6.92 Å². The molecule has 0 bridgehead atoms. The van der Waals surface area contributed by atoms with E-state index in [-0.39, 0.29) is 10.7 Å². The molecule has 2 amide bonds. The second-order valence-corrected chi connectivity index (χ2v) is 10.00. The highest BCUT2D eigenvalue weighted by molar-refractivity contribution is 9.10. The molecule has 1 saturated heterocycles. The number of benzene rings is 4. The summed E-state index contributed by atoms with van der Waals surface area (Å²) in [6.07, 6.45) is 1.52. The van der Waals surface area contributed by atoms with Gasteiger partial charge in [-0.2, -0.15) is 0 Å². The largest absolute Gasteiger partial charge is 0.493 e. The molecule has 4 aromatic rings. The van der Waals surface area contributed by atoms with Crippen LogP contribution in [-0.4, -0.2) is 24.0 Å². The highest BCUT2D eigenvalue weighted by atomic mass is 79.9. The molecule has 4 aromatic carbocycles. The molecule has 1 aliphatic rings.